The highest BCUT2D eigenvalue weighted by atomic mass is 16.5. The molecular weight excluding hydrogens is 190 g/mol. The van der Waals surface area contributed by atoms with Crippen LogP contribution in [0.5, 0.6) is 5.88 Å². The third-order valence-electron chi connectivity index (χ3n) is 2.37. The number of hydrogen-bond donors (Lipinski definition) is 0. The summed E-state index contributed by atoms with van der Waals surface area (Å²) >= 11 is 0. The summed E-state index contributed by atoms with van der Waals surface area (Å²) in [6.45, 7) is 2.08. The topological polar surface area (TPSA) is 39.9 Å². The quantitative estimate of drug-likeness (QED) is 0.764. The average molecular weight is 203 g/mol. The van der Waals surface area contributed by atoms with E-state index in [0.717, 1.165) is 5.56 Å². The maximum atomic E-state index is 5.01. The van der Waals surface area contributed by atoms with Gasteiger partial charge in [0.25, 0.3) is 0 Å². The van der Waals surface area contributed by atoms with Crippen LogP contribution in [0, 0.1) is 0 Å². The minimum Gasteiger partial charge on any atom is -0.481 e. The summed E-state index contributed by atoms with van der Waals surface area (Å²) in [5.41, 5.74) is 1.11. The summed E-state index contributed by atoms with van der Waals surface area (Å²) < 4.78 is 6.90. The van der Waals surface area contributed by atoms with Crippen molar-refractivity contribution in [2.75, 3.05) is 7.11 Å². The van der Waals surface area contributed by atoms with Gasteiger partial charge in [0.05, 0.1) is 13.2 Å². The van der Waals surface area contributed by atoms with Crippen molar-refractivity contribution in [2.24, 2.45) is 0 Å². The summed E-state index contributed by atoms with van der Waals surface area (Å²) in [5, 5.41) is 4.19. The van der Waals surface area contributed by atoms with Crippen LogP contribution in [-0.2, 0) is 0 Å². The van der Waals surface area contributed by atoms with E-state index in [0.29, 0.717) is 5.88 Å². The predicted molar refractivity (Wildman–Crippen MR) is 56.8 cm³/mol. The first-order valence-electron chi connectivity index (χ1n) is 4.80. The van der Waals surface area contributed by atoms with Crippen LogP contribution in [0.2, 0.25) is 0 Å². The molecule has 2 rings (SSSR count). The molecule has 0 aliphatic heterocycles. The van der Waals surface area contributed by atoms with Crippen LogP contribution in [-0.4, -0.2) is 21.9 Å². The largest absolute Gasteiger partial charge is 0.481 e. The third kappa shape index (κ3) is 1.98. The first kappa shape index (κ1) is 9.71. The summed E-state index contributed by atoms with van der Waals surface area (Å²) in [7, 11) is 1.61. The minimum absolute atomic E-state index is 0.193. The monoisotopic (exact) mass is 203 g/mol. The van der Waals surface area contributed by atoms with Crippen LogP contribution < -0.4 is 4.74 Å². The predicted octanol–water partition coefficient (Wildman–Crippen LogP) is 1.90. The lowest BCUT2D eigenvalue weighted by atomic mass is 10.1. The molecule has 0 aliphatic rings. The Morgan fingerprint density at radius 1 is 1.40 bits per heavy atom. The van der Waals surface area contributed by atoms with Crippen molar-refractivity contribution < 1.29 is 4.74 Å². The van der Waals surface area contributed by atoms with Gasteiger partial charge in [-0.05, 0) is 24.6 Å². The fourth-order valence-electron chi connectivity index (χ4n) is 1.42. The molecule has 2 aromatic rings. The lowest BCUT2D eigenvalue weighted by Gasteiger charge is -2.12. The Bertz CT molecular complexity index is 408. The van der Waals surface area contributed by atoms with Crippen molar-refractivity contribution in [3.63, 3.8) is 0 Å². The molecule has 1 atom stereocenters. The van der Waals surface area contributed by atoms with Gasteiger partial charge in [-0.1, -0.05) is 0 Å². The summed E-state index contributed by atoms with van der Waals surface area (Å²) in [5.74, 6) is 0.631. The Balaban J connectivity index is 2.22. The Morgan fingerprint density at radius 3 is 2.80 bits per heavy atom. The Labute approximate surface area is 88.5 Å². The lowest BCUT2D eigenvalue weighted by Crippen LogP contribution is -2.07. The molecule has 78 valence electrons. The summed E-state index contributed by atoms with van der Waals surface area (Å²) in [6.07, 6.45) is 5.52. The number of ether oxygens (including phenoxy) is 1. The van der Waals surface area contributed by atoms with Gasteiger partial charge in [0.1, 0.15) is 0 Å². The second kappa shape index (κ2) is 4.13. The van der Waals surface area contributed by atoms with Crippen LogP contribution >= 0.6 is 0 Å². The molecule has 4 nitrogen and oxygen atoms in total. The number of pyridine rings is 1. The van der Waals surface area contributed by atoms with E-state index < -0.39 is 0 Å². The molecule has 0 aromatic carbocycles. The Hall–Kier alpha value is -1.84. The van der Waals surface area contributed by atoms with E-state index in [4.69, 9.17) is 4.74 Å². The van der Waals surface area contributed by atoms with E-state index >= 15 is 0 Å². The molecule has 15 heavy (non-hydrogen) atoms. The number of rotatable bonds is 3. The molecular formula is C11H13N3O. The standard InChI is InChI=1S/C11H13N3O/c1-9(14-7-3-6-13-14)10-4-5-11(15-2)12-8-10/h3-9H,1-2H3. The average Bonchev–Trinajstić information content (AvgIpc) is 2.82. The van der Waals surface area contributed by atoms with Gasteiger partial charge in [0.2, 0.25) is 5.88 Å². The van der Waals surface area contributed by atoms with E-state index in [1.54, 1.807) is 13.3 Å². The molecule has 2 heterocycles. The molecule has 0 N–H and O–H groups in total. The lowest BCUT2D eigenvalue weighted by molar-refractivity contribution is 0.397. The van der Waals surface area contributed by atoms with Gasteiger partial charge in [0.15, 0.2) is 0 Å². The van der Waals surface area contributed by atoms with E-state index in [1.165, 1.54) is 0 Å². The molecule has 2 aromatic heterocycles. The highest BCUT2D eigenvalue weighted by molar-refractivity contribution is 5.20. The molecule has 0 amide bonds. The van der Waals surface area contributed by atoms with Crippen molar-refractivity contribution >= 4 is 0 Å². The summed E-state index contributed by atoms with van der Waals surface area (Å²) in [6, 6.07) is 5.96. The second-order valence-electron chi connectivity index (χ2n) is 3.30. The highest BCUT2D eigenvalue weighted by Crippen LogP contribution is 2.17. The van der Waals surface area contributed by atoms with Crippen molar-refractivity contribution in [1.82, 2.24) is 14.8 Å². The molecule has 0 fully saturated rings. The number of aromatic nitrogens is 3. The van der Waals surface area contributed by atoms with Crippen molar-refractivity contribution in [3.8, 4) is 5.88 Å². The van der Waals surface area contributed by atoms with Crippen molar-refractivity contribution in [2.45, 2.75) is 13.0 Å². The van der Waals surface area contributed by atoms with E-state index in [-0.39, 0.29) is 6.04 Å². The zero-order valence-corrected chi connectivity index (χ0v) is 8.79. The molecule has 0 radical (unpaired) electrons. The van der Waals surface area contributed by atoms with Crippen LogP contribution in [0.3, 0.4) is 0 Å². The highest BCUT2D eigenvalue weighted by Gasteiger charge is 2.07. The maximum Gasteiger partial charge on any atom is 0.212 e. The van der Waals surface area contributed by atoms with Crippen LogP contribution in [0.25, 0.3) is 0 Å². The maximum absolute atomic E-state index is 5.01. The van der Waals surface area contributed by atoms with Gasteiger partial charge in [-0.2, -0.15) is 5.10 Å². The molecule has 0 saturated heterocycles. The van der Waals surface area contributed by atoms with Crippen LogP contribution in [0.4, 0.5) is 0 Å². The smallest absolute Gasteiger partial charge is 0.212 e. The van der Waals surface area contributed by atoms with Gasteiger partial charge in [-0.3, -0.25) is 4.68 Å². The number of nitrogens with zero attached hydrogens (tertiary/aromatic N) is 3. The molecule has 0 spiro atoms. The van der Waals surface area contributed by atoms with E-state index in [9.17, 15) is 0 Å². The van der Waals surface area contributed by atoms with Gasteiger partial charge in [0, 0.05) is 24.7 Å². The summed E-state index contributed by atoms with van der Waals surface area (Å²) in [4.78, 5) is 4.16. The zero-order chi connectivity index (χ0) is 10.7. The van der Waals surface area contributed by atoms with E-state index in [1.807, 2.05) is 35.3 Å². The Morgan fingerprint density at radius 2 is 2.27 bits per heavy atom. The van der Waals surface area contributed by atoms with Gasteiger partial charge in [-0.15, -0.1) is 0 Å². The van der Waals surface area contributed by atoms with Crippen molar-refractivity contribution in [3.05, 3.63) is 42.4 Å². The number of methoxy groups -OCH3 is 1. The molecule has 1 unspecified atom stereocenters. The zero-order valence-electron chi connectivity index (χ0n) is 8.79. The van der Waals surface area contributed by atoms with Gasteiger partial charge >= 0.3 is 0 Å². The fraction of sp³-hybridized carbons (Fsp3) is 0.273. The normalized spacial score (nSPS) is 12.4. The van der Waals surface area contributed by atoms with Crippen LogP contribution in [0.1, 0.15) is 18.5 Å². The van der Waals surface area contributed by atoms with Gasteiger partial charge < -0.3 is 4.74 Å². The van der Waals surface area contributed by atoms with Gasteiger partial charge in [-0.25, -0.2) is 4.98 Å². The second-order valence-corrected chi connectivity index (χ2v) is 3.30. The first-order chi connectivity index (χ1) is 7.31. The number of hydrogen-bond acceptors (Lipinski definition) is 3. The van der Waals surface area contributed by atoms with Crippen molar-refractivity contribution in [1.29, 1.82) is 0 Å². The third-order valence-corrected chi connectivity index (χ3v) is 2.37. The molecule has 0 bridgehead atoms. The molecule has 0 saturated carbocycles. The fourth-order valence-corrected chi connectivity index (χ4v) is 1.42. The van der Waals surface area contributed by atoms with E-state index in [2.05, 4.69) is 17.0 Å². The minimum atomic E-state index is 0.193. The molecule has 0 aliphatic carbocycles. The molecule has 4 heteroatoms. The first-order valence-corrected chi connectivity index (χ1v) is 4.80. The SMILES string of the molecule is COc1ccc(C(C)n2cccn2)cn1. The van der Waals surface area contributed by atoms with Crippen LogP contribution in [0.15, 0.2) is 36.8 Å². The Kier molecular flexibility index (Phi) is 2.67.